The van der Waals surface area contributed by atoms with Gasteiger partial charge in [0.15, 0.2) is 0 Å². The summed E-state index contributed by atoms with van der Waals surface area (Å²) in [6.07, 6.45) is 2.94. The molecule has 0 aromatic heterocycles. The van der Waals surface area contributed by atoms with Gasteiger partial charge in [0.2, 0.25) is 0 Å². The molecule has 0 amide bonds. The maximum absolute atomic E-state index is 10.9. The molecule has 2 rings (SSSR count). The van der Waals surface area contributed by atoms with Crippen molar-refractivity contribution in [2.75, 3.05) is 0 Å². The lowest BCUT2D eigenvalue weighted by molar-refractivity contribution is -0.100. The van der Waals surface area contributed by atoms with Crippen LogP contribution in [-0.2, 0) is 4.74 Å². The van der Waals surface area contributed by atoms with E-state index in [1.807, 2.05) is 26.0 Å². The third-order valence-corrected chi connectivity index (χ3v) is 3.18. The predicted molar refractivity (Wildman–Crippen MR) is 75.2 cm³/mol. The van der Waals surface area contributed by atoms with E-state index < -0.39 is 5.97 Å². The van der Waals surface area contributed by atoms with E-state index >= 15 is 0 Å². The largest absolute Gasteiger partial charge is 0.478 e. The minimum atomic E-state index is -0.895. The van der Waals surface area contributed by atoms with Crippen LogP contribution in [-0.4, -0.2) is 22.3 Å². The number of carboxylic acid groups (broad SMARTS) is 1. The summed E-state index contributed by atoms with van der Waals surface area (Å²) < 4.78 is 6.00. The average molecular weight is 260 g/mol. The van der Waals surface area contributed by atoms with Gasteiger partial charge >= 0.3 is 5.97 Å². The third kappa shape index (κ3) is 3.24. The number of hydrogen-bond donors (Lipinski definition) is 1. The molecule has 1 heterocycles. The molecule has 0 saturated heterocycles. The lowest BCUT2D eigenvalue weighted by Gasteiger charge is -2.40. The van der Waals surface area contributed by atoms with Crippen LogP contribution in [0.25, 0.3) is 5.57 Å². The molecule has 0 saturated carbocycles. The third-order valence-electron chi connectivity index (χ3n) is 3.18. The molecule has 0 atom stereocenters. The summed E-state index contributed by atoms with van der Waals surface area (Å²) in [5.41, 5.74) is 2.07. The molecule has 0 fully saturated rings. The zero-order valence-electron chi connectivity index (χ0n) is 11.9. The first-order valence-corrected chi connectivity index (χ1v) is 6.44. The van der Waals surface area contributed by atoms with E-state index in [0.29, 0.717) is 5.56 Å². The summed E-state index contributed by atoms with van der Waals surface area (Å²) in [5, 5.41) is 8.92. The molecule has 0 unspecified atom stereocenters. The van der Waals surface area contributed by atoms with Crippen molar-refractivity contribution in [1.82, 2.24) is 0 Å². The first-order valence-electron chi connectivity index (χ1n) is 6.44. The number of hydrogen-bond acceptors (Lipinski definition) is 2. The van der Waals surface area contributed by atoms with Gasteiger partial charge in [-0.25, -0.2) is 4.79 Å². The Kier molecular flexibility index (Phi) is 3.27. The van der Waals surface area contributed by atoms with Crippen molar-refractivity contribution in [3.8, 4) is 0 Å². The maximum Gasteiger partial charge on any atom is 0.335 e. The summed E-state index contributed by atoms with van der Waals surface area (Å²) in [6.45, 7) is 8.24. The number of ether oxygens (including phenoxy) is 1. The van der Waals surface area contributed by atoms with Crippen LogP contribution >= 0.6 is 0 Å². The van der Waals surface area contributed by atoms with Crippen LogP contribution in [0.1, 0.15) is 50.0 Å². The quantitative estimate of drug-likeness (QED) is 0.881. The molecular weight excluding hydrogens is 240 g/mol. The van der Waals surface area contributed by atoms with Crippen LogP contribution in [0.3, 0.4) is 0 Å². The van der Waals surface area contributed by atoms with Crippen LogP contribution in [0.2, 0.25) is 0 Å². The Morgan fingerprint density at radius 2 is 1.74 bits per heavy atom. The van der Waals surface area contributed by atoms with Gasteiger partial charge in [0.25, 0.3) is 0 Å². The molecule has 0 bridgehead atoms. The Morgan fingerprint density at radius 1 is 1.16 bits per heavy atom. The first kappa shape index (κ1) is 13.8. The first-order chi connectivity index (χ1) is 8.69. The lowest BCUT2D eigenvalue weighted by Crippen LogP contribution is -2.39. The van der Waals surface area contributed by atoms with Crippen molar-refractivity contribution in [3.05, 3.63) is 41.5 Å². The molecule has 3 nitrogen and oxygen atoms in total. The van der Waals surface area contributed by atoms with Crippen LogP contribution in [0.4, 0.5) is 0 Å². The second-order valence-corrected chi connectivity index (χ2v) is 6.19. The van der Waals surface area contributed by atoms with E-state index in [4.69, 9.17) is 9.84 Å². The Bertz CT molecular complexity index is 521. The number of rotatable bonds is 2. The van der Waals surface area contributed by atoms with E-state index in [0.717, 1.165) is 12.0 Å². The van der Waals surface area contributed by atoms with E-state index in [9.17, 15) is 4.79 Å². The van der Waals surface area contributed by atoms with Crippen molar-refractivity contribution in [1.29, 1.82) is 0 Å². The fourth-order valence-electron chi connectivity index (χ4n) is 2.72. The SMILES string of the molecule is CC1(C)C=C(c2ccc(C(=O)O)cc2)CC(C)(C)O1. The second kappa shape index (κ2) is 4.49. The predicted octanol–water partition coefficient (Wildman–Crippen LogP) is 3.75. The van der Waals surface area contributed by atoms with Gasteiger partial charge in [0, 0.05) is 6.42 Å². The highest BCUT2D eigenvalue weighted by molar-refractivity contribution is 5.88. The fourth-order valence-corrected chi connectivity index (χ4v) is 2.72. The normalized spacial score (nSPS) is 20.7. The molecule has 1 aliphatic heterocycles. The van der Waals surface area contributed by atoms with Gasteiger partial charge in [-0.05, 0) is 57.0 Å². The lowest BCUT2D eigenvalue weighted by atomic mass is 9.86. The molecule has 0 spiro atoms. The molecule has 102 valence electrons. The number of carbonyl (C=O) groups is 1. The Labute approximate surface area is 113 Å². The van der Waals surface area contributed by atoms with Gasteiger partial charge in [-0.3, -0.25) is 0 Å². The Hall–Kier alpha value is -1.61. The monoisotopic (exact) mass is 260 g/mol. The molecule has 3 heteroatoms. The second-order valence-electron chi connectivity index (χ2n) is 6.19. The van der Waals surface area contributed by atoms with Gasteiger partial charge < -0.3 is 9.84 Å². The zero-order chi connectivity index (χ0) is 14.3. The van der Waals surface area contributed by atoms with Crippen molar-refractivity contribution >= 4 is 11.5 Å². The van der Waals surface area contributed by atoms with Crippen molar-refractivity contribution in [3.63, 3.8) is 0 Å². The smallest absolute Gasteiger partial charge is 0.335 e. The van der Waals surface area contributed by atoms with Gasteiger partial charge in [-0.15, -0.1) is 0 Å². The molecule has 0 aliphatic carbocycles. The molecule has 19 heavy (non-hydrogen) atoms. The average Bonchev–Trinajstić information content (AvgIpc) is 2.25. The summed E-state index contributed by atoms with van der Waals surface area (Å²) in [4.78, 5) is 10.9. The van der Waals surface area contributed by atoms with Crippen molar-refractivity contribution in [2.24, 2.45) is 0 Å². The van der Waals surface area contributed by atoms with Crippen LogP contribution in [0, 0.1) is 0 Å². The topological polar surface area (TPSA) is 46.5 Å². The Balaban J connectivity index is 2.35. The van der Waals surface area contributed by atoms with E-state index in [-0.39, 0.29) is 11.2 Å². The maximum atomic E-state index is 10.9. The molecular formula is C16H20O3. The van der Waals surface area contributed by atoms with Crippen molar-refractivity contribution in [2.45, 2.75) is 45.3 Å². The minimum Gasteiger partial charge on any atom is -0.478 e. The molecule has 0 radical (unpaired) electrons. The zero-order valence-corrected chi connectivity index (χ0v) is 11.9. The molecule has 1 aromatic carbocycles. The van der Waals surface area contributed by atoms with E-state index in [1.54, 1.807) is 12.1 Å². The highest BCUT2D eigenvalue weighted by Gasteiger charge is 2.34. The van der Waals surface area contributed by atoms with Crippen LogP contribution < -0.4 is 0 Å². The van der Waals surface area contributed by atoms with Gasteiger partial charge in [-0.2, -0.15) is 0 Å². The summed E-state index contributed by atoms with van der Waals surface area (Å²) in [6, 6.07) is 7.03. The summed E-state index contributed by atoms with van der Waals surface area (Å²) in [5.74, 6) is -0.895. The van der Waals surface area contributed by atoms with E-state index in [1.165, 1.54) is 5.57 Å². The summed E-state index contributed by atoms with van der Waals surface area (Å²) >= 11 is 0. The van der Waals surface area contributed by atoms with Crippen LogP contribution in [0.15, 0.2) is 30.3 Å². The number of benzene rings is 1. The van der Waals surface area contributed by atoms with E-state index in [2.05, 4.69) is 19.9 Å². The number of aromatic carboxylic acids is 1. The van der Waals surface area contributed by atoms with Gasteiger partial charge in [0.1, 0.15) is 0 Å². The standard InChI is InChI=1S/C16H20O3/c1-15(2)9-13(10-16(3,4)19-15)11-5-7-12(8-6-11)14(17)18/h5-9H,10H2,1-4H3,(H,17,18). The molecule has 1 aliphatic rings. The summed E-state index contributed by atoms with van der Waals surface area (Å²) in [7, 11) is 0. The highest BCUT2D eigenvalue weighted by Crippen LogP contribution is 2.38. The minimum absolute atomic E-state index is 0.209. The number of carboxylic acids is 1. The van der Waals surface area contributed by atoms with Crippen molar-refractivity contribution < 1.29 is 14.6 Å². The fraction of sp³-hybridized carbons (Fsp3) is 0.438. The highest BCUT2D eigenvalue weighted by atomic mass is 16.5. The molecule has 1 aromatic rings. The van der Waals surface area contributed by atoms with Gasteiger partial charge in [0.05, 0.1) is 16.8 Å². The molecule has 1 N–H and O–H groups in total. The van der Waals surface area contributed by atoms with Gasteiger partial charge in [-0.1, -0.05) is 12.1 Å². The van der Waals surface area contributed by atoms with Crippen LogP contribution in [0.5, 0.6) is 0 Å². The Morgan fingerprint density at radius 3 is 2.21 bits per heavy atom.